The minimum absolute atomic E-state index is 0.112. The van der Waals surface area contributed by atoms with Crippen molar-refractivity contribution in [1.29, 1.82) is 5.26 Å². The van der Waals surface area contributed by atoms with Crippen LogP contribution in [0.1, 0.15) is 40.8 Å². The SMILES string of the molecule is CCOC(=O)C1=C(c2ccccc2)N=c2s/c(=C\c3cc(Cl)c(OCc4ccc(C#N)cc4)c(OC)c3)c(=O)n2[C@H]1c1ccc(F)cc1. The van der Waals surface area contributed by atoms with Crippen molar-refractivity contribution in [3.63, 3.8) is 0 Å². The van der Waals surface area contributed by atoms with E-state index in [-0.39, 0.29) is 23.8 Å². The lowest BCUT2D eigenvalue weighted by atomic mass is 9.93. The summed E-state index contributed by atoms with van der Waals surface area (Å²) in [5.41, 5.74) is 3.26. The molecule has 5 aromatic rings. The standard InChI is InChI=1S/C37H27ClFN3O5S/c1-3-46-36(44)31-32(25-7-5-4-6-8-25)41-37-42(33(31)26-13-15-27(39)16-14-26)35(43)30(48-37)19-24-17-28(38)34(29(18-24)45-2)47-21-23-11-9-22(20-40)10-12-23/h4-19,33H,3,21H2,1-2H3/b30-19-/t33-/m0/s1. The normalized spacial score (nSPS) is 14.1. The molecule has 6 rings (SSSR count). The molecular weight excluding hydrogens is 653 g/mol. The highest BCUT2D eigenvalue weighted by Crippen LogP contribution is 2.38. The summed E-state index contributed by atoms with van der Waals surface area (Å²) in [5, 5.41) is 9.31. The van der Waals surface area contributed by atoms with Crippen molar-refractivity contribution in [2.45, 2.75) is 19.6 Å². The van der Waals surface area contributed by atoms with Gasteiger partial charge < -0.3 is 14.2 Å². The number of rotatable bonds is 9. The van der Waals surface area contributed by atoms with E-state index in [0.29, 0.717) is 48.8 Å². The molecule has 8 nitrogen and oxygen atoms in total. The molecule has 0 saturated carbocycles. The van der Waals surface area contributed by atoms with Crippen molar-refractivity contribution in [3.8, 4) is 17.6 Å². The second kappa shape index (κ2) is 14.1. The Hall–Kier alpha value is -5.50. The summed E-state index contributed by atoms with van der Waals surface area (Å²) < 4.78 is 32.9. The number of fused-ring (bicyclic) bond motifs is 1. The fraction of sp³-hybridized carbons (Fsp3) is 0.135. The Morgan fingerprint density at radius 3 is 2.48 bits per heavy atom. The lowest BCUT2D eigenvalue weighted by molar-refractivity contribution is -0.138. The van der Waals surface area contributed by atoms with E-state index in [1.165, 1.54) is 23.8 Å². The van der Waals surface area contributed by atoms with Crippen LogP contribution in [0.15, 0.2) is 106 Å². The average molecular weight is 680 g/mol. The first kappa shape index (κ1) is 32.4. The van der Waals surface area contributed by atoms with Gasteiger partial charge in [0.2, 0.25) is 0 Å². The first-order chi connectivity index (χ1) is 23.3. The summed E-state index contributed by atoms with van der Waals surface area (Å²) in [5.74, 6) is -0.400. The highest BCUT2D eigenvalue weighted by molar-refractivity contribution is 7.07. The van der Waals surface area contributed by atoms with Gasteiger partial charge in [-0.15, -0.1) is 0 Å². The molecule has 0 spiro atoms. The monoisotopic (exact) mass is 679 g/mol. The molecule has 0 N–H and O–H groups in total. The highest BCUT2D eigenvalue weighted by atomic mass is 35.5. The van der Waals surface area contributed by atoms with Gasteiger partial charge in [-0.05, 0) is 66.1 Å². The van der Waals surface area contributed by atoms with E-state index in [4.69, 9.17) is 36.1 Å². The van der Waals surface area contributed by atoms with Crippen LogP contribution in [-0.4, -0.2) is 24.3 Å². The maximum absolute atomic E-state index is 14.2. The smallest absolute Gasteiger partial charge is 0.338 e. The second-order valence-electron chi connectivity index (χ2n) is 10.6. The van der Waals surface area contributed by atoms with Crippen LogP contribution in [0.3, 0.4) is 0 Å². The Bertz CT molecular complexity index is 2260. The zero-order valence-electron chi connectivity index (χ0n) is 25.8. The largest absolute Gasteiger partial charge is 0.493 e. The Balaban J connectivity index is 1.47. The summed E-state index contributed by atoms with van der Waals surface area (Å²) in [6.07, 6.45) is 1.67. The number of halogens is 2. The van der Waals surface area contributed by atoms with E-state index in [2.05, 4.69) is 6.07 Å². The van der Waals surface area contributed by atoms with Gasteiger partial charge in [0.05, 0.1) is 52.2 Å². The summed E-state index contributed by atoms with van der Waals surface area (Å²) in [4.78, 5) is 32.9. The van der Waals surface area contributed by atoms with E-state index in [0.717, 1.165) is 16.9 Å². The maximum atomic E-state index is 14.2. The number of esters is 1. The average Bonchev–Trinajstić information content (AvgIpc) is 3.41. The van der Waals surface area contributed by atoms with Crippen LogP contribution in [0, 0.1) is 17.1 Å². The van der Waals surface area contributed by atoms with Gasteiger partial charge in [-0.2, -0.15) is 5.26 Å². The van der Waals surface area contributed by atoms with Gasteiger partial charge in [0.25, 0.3) is 5.56 Å². The molecule has 11 heteroatoms. The first-order valence-electron chi connectivity index (χ1n) is 14.8. The van der Waals surface area contributed by atoms with E-state index >= 15 is 0 Å². The topological polar surface area (TPSA) is 103 Å². The molecular formula is C37H27ClFN3O5S. The minimum Gasteiger partial charge on any atom is -0.493 e. The van der Waals surface area contributed by atoms with Gasteiger partial charge >= 0.3 is 5.97 Å². The zero-order valence-corrected chi connectivity index (χ0v) is 27.3. The minimum atomic E-state index is -0.936. The third-order valence-electron chi connectivity index (χ3n) is 7.58. The number of carbonyl (C=O) groups is 1. The summed E-state index contributed by atoms with van der Waals surface area (Å²) in [7, 11) is 1.49. The van der Waals surface area contributed by atoms with Crippen molar-refractivity contribution in [3.05, 3.63) is 155 Å². The molecule has 0 radical (unpaired) electrons. The van der Waals surface area contributed by atoms with Crippen LogP contribution in [-0.2, 0) is 16.1 Å². The van der Waals surface area contributed by atoms with Crippen LogP contribution in [0.4, 0.5) is 4.39 Å². The lowest BCUT2D eigenvalue weighted by Gasteiger charge is -2.25. The number of benzene rings is 4. The van der Waals surface area contributed by atoms with Gasteiger partial charge in [0, 0.05) is 5.56 Å². The molecule has 1 aliphatic heterocycles. The van der Waals surface area contributed by atoms with E-state index < -0.39 is 23.4 Å². The quantitative estimate of drug-likeness (QED) is 0.172. The van der Waals surface area contributed by atoms with Crippen molar-refractivity contribution in [2.24, 2.45) is 4.99 Å². The predicted molar refractivity (Wildman–Crippen MR) is 181 cm³/mol. The molecule has 0 fully saturated rings. The third-order valence-corrected chi connectivity index (χ3v) is 8.84. The number of nitrogens with zero attached hydrogens (tertiary/aromatic N) is 3. The molecule has 0 aliphatic carbocycles. The molecule has 2 heterocycles. The van der Waals surface area contributed by atoms with E-state index in [9.17, 15) is 14.0 Å². The van der Waals surface area contributed by atoms with Gasteiger partial charge in [-0.3, -0.25) is 9.36 Å². The Morgan fingerprint density at radius 2 is 1.81 bits per heavy atom. The summed E-state index contributed by atoms with van der Waals surface area (Å²) in [6.45, 7) is 2.00. The molecule has 1 aromatic heterocycles. The van der Waals surface area contributed by atoms with Crippen LogP contribution in [0.2, 0.25) is 5.02 Å². The predicted octanol–water partition coefficient (Wildman–Crippen LogP) is 6.19. The van der Waals surface area contributed by atoms with Crippen molar-refractivity contribution in [2.75, 3.05) is 13.7 Å². The Labute approximate surface area is 283 Å². The number of thiazole rings is 1. The summed E-state index contributed by atoms with van der Waals surface area (Å²) in [6, 6.07) is 26.3. The van der Waals surface area contributed by atoms with Crippen molar-refractivity contribution < 1.29 is 23.4 Å². The number of hydrogen-bond acceptors (Lipinski definition) is 8. The van der Waals surface area contributed by atoms with Crippen LogP contribution < -0.4 is 24.4 Å². The molecule has 0 saturated heterocycles. The molecule has 0 unspecified atom stereocenters. The second-order valence-corrected chi connectivity index (χ2v) is 12.0. The molecule has 0 bridgehead atoms. The number of hydrogen-bond donors (Lipinski definition) is 0. The molecule has 4 aromatic carbocycles. The highest BCUT2D eigenvalue weighted by Gasteiger charge is 2.35. The number of nitriles is 1. The van der Waals surface area contributed by atoms with E-state index in [1.54, 1.807) is 61.5 Å². The number of aromatic nitrogens is 1. The number of carbonyl (C=O) groups excluding carboxylic acids is 1. The van der Waals surface area contributed by atoms with E-state index in [1.807, 2.05) is 30.3 Å². The maximum Gasteiger partial charge on any atom is 0.338 e. The number of ether oxygens (including phenoxy) is 3. The van der Waals surface area contributed by atoms with Gasteiger partial charge in [-0.25, -0.2) is 14.2 Å². The Morgan fingerprint density at radius 1 is 1.08 bits per heavy atom. The first-order valence-corrected chi connectivity index (χ1v) is 16.0. The van der Waals surface area contributed by atoms with Crippen LogP contribution in [0.25, 0.3) is 11.8 Å². The van der Waals surface area contributed by atoms with Crippen LogP contribution >= 0.6 is 22.9 Å². The summed E-state index contributed by atoms with van der Waals surface area (Å²) >= 11 is 7.81. The lowest BCUT2D eigenvalue weighted by Crippen LogP contribution is -2.40. The fourth-order valence-corrected chi connectivity index (χ4v) is 6.62. The van der Waals surface area contributed by atoms with Crippen molar-refractivity contribution in [1.82, 2.24) is 4.57 Å². The van der Waals surface area contributed by atoms with Gasteiger partial charge in [-0.1, -0.05) is 77.5 Å². The fourth-order valence-electron chi connectivity index (χ4n) is 5.35. The van der Waals surface area contributed by atoms with Crippen LogP contribution in [0.5, 0.6) is 11.5 Å². The molecule has 240 valence electrons. The van der Waals surface area contributed by atoms with Crippen molar-refractivity contribution >= 4 is 40.7 Å². The molecule has 0 amide bonds. The van der Waals surface area contributed by atoms with Gasteiger partial charge in [0.15, 0.2) is 16.3 Å². The molecule has 1 atom stereocenters. The van der Waals surface area contributed by atoms with Gasteiger partial charge in [0.1, 0.15) is 12.4 Å². The molecule has 1 aliphatic rings. The Kier molecular flexibility index (Phi) is 9.52. The number of methoxy groups -OCH3 is 1. The third kappa shape index (κ3) is 6.51. The zero-order chi connectivity index (χ0) is 33.8. The molecule has 48 heavy (non-hydrogen) atoms.